The number of ether oxygens (including phenoxy) is 1. The average Bonchev–Trinajstić information content (AvgIpc) is 2.83. The normalized spacial score (nSPS) is 19.9. The van der Waals surface area contributed by atoms with Gasteiger partial charge in [0.25, 0.3) is 5.91 Å². The number of nitrogens with one attached hydrogen (secondary N) is 1. The zero-order valence-electron chi connectivity index (χ0n) is 17.0. The summed E-state index contributed by atoms with van der Waals surface area (Å²) in [6.07, 6.45) is 0.119. The second-order valence-corrected chi connectivity index (χ2v) is 9.14. The second kappa shape index (κ2) is 9.82. The van der Waals surface area contributed by atoms with Gasteiger partial charge in [0.15, 0.2) is 0 Å². The van der Waals surface area contributed by atoms with Gasteiger partial charge in [-0.15, -0.1) is 0 Å². The Labute approximate surface area is 180 Å². The summed E-state index contributed by atoms with van der Waals surface area (Å²) in [6.45, 7) is 3.78. The number of benzene rings is 2. The minimum Gasteiger partial charge on any atom is -0.460 e. The van der Waals surface area contributed by atoms with E-state index in [0.29, 0.717) is 0 Å². The maximum absolute atomic E-state index is 12.7. The van der Waals surface area contributed by atoms with Crippen LogP contribution in [0.4, 0.5) is 0 Å². The highest BCUT2D eigenvalue weighted by atomic mass is 32.2. The molecule has 1 aliphatic heterocycles. The third kappa shape index (κ3) is 5.87. The molecule has 30 heavy (non-hydrogen) atoms. The Morgan fingerprint density at radius 3 is 2.30 bits per heavy atom. The lowest BCUT2D eigenvalue weighted by Gasteiger charge is -2.29. The minimum atomic E-state index is -0.759. The van der Waals surface area contributed by atoms with Gasteiger partial charge in [-0.2, -0.15) is 0 Å². The molecule has 7 heteroatoms. The molecule has 1 fully saturated rings. The van der Waals surface area contributed by atoms with Gasteiger partial charge < -0.3 is 4.74 Å². The van der Waals surface area contributed by atoms with Crippen LogP contribution in [0.3, 0.4) is 0 Å². The van der Waals surface area contributed by atoms with Gasteiger partial charge in [0.05, 0.1) is 6.42 Å². The fourth-order valence-electron chi connectivity index (χ4n) is 3.10. The summed E-state index contributed by atoms with van der Waals surface area (Å²) >= 11 is 0.994. The van der Waals surface area contributed by atoms with E-state index in [-0.39, 0.29) is 30.4 Å². The Morgan fingerprint density at radius 2 is 1.67 bits per heavy atom. The molecule has 1 saturated heterocycles. The molecule has 1 aliphatic rings. The van der Waals surface area contributed by atoms with E-state index in [9.17, 15) is 14.4 Å². The van der Waals surface area contributed by atoms with E-state index in [1.165, 1.54) is 0 Å². The third-order valence-electron chi connectivity index (χ3n) is 4.68. The van der Waals surface area contributed by atoms with Crippen LogP contribution in [0, 0.1) is 0 Å². The van der Waals surface area contributed by atoms with Crippen molar-refractivity contribution in [2.75, 3.05) is 6.54 Å². The molecule has 156 valence electrons. The van der Waals surface area contributed by atoms with Crippen LogP contribution in [0.15, 0.2) is 65.7 Å². The van der Waals surface area contributed by atoms with Crippen molar-refractivity contribution >= 4 is 34.5 Å². The first-order chi connectivity index (χ1) is 14.3. The lowest BCUT2D eigenvalue weighted by atomic mass is 10.0. The fraction of sp³-hybridized carbons (Fsp3) is 0.304. The lowest BCUT2D eigenvalue weighted by molar-refractivity contribution is -0.148. The second-order valence-electron chi connectivity index (χ2n) is 7.51. The summed E-state index contributed by atoms with van der Waals surface area (Å²) in [4.78, 5) is 41.7. The monoisotopic (exact) mass is 424 g/mol. The minimum absolute atomic E-state index is 0.0287. The summed E-state index contributed by atoms with van der Waals surface area (Å²) in [6, 6.07) is 17.9. The van der Waals surface area contributed by atoms with Crippen molar-refractivity contribution in [1.82, 2.24) is 5.32 Å². The van der Waals surface area contributed by atoms with E-state index in [4.69, 9.17) is 4.74 Å². The van der Waals surface area contributed by atoms with Crippen LogP contribution in [-0.4, -0.2) is 40.0 Å². The van der Waals surface area contributed by atoms with E-state index in [0.717, 1.165) is 22.9 Å². The predicted octanol–water partition coefficient (Wildman–Crippen LogP) is 2.95. The van der Waals surface area contributed by atoms with Crippen LogP contribution in [0.1, 0.15) is 25.0 Å². The van der Waals surface area contributed by atoms with Gasteiger partial charge in [0.2, 0.25) is 5.12 Å². The first kappa shape index (κ1) is 21.9. The summed E-state index contributed by atoms with van der Waals surface area (Å²) < 4.78 is 4.70. The molecule has 0 saturated carbocycles. The Bertz CT molecular complexity index is 942. The van der Waals surface area contributed by atoms with Gasteiger partial charge in [-0.3, -0.25) is 19.7 Å². The van der Waals surface area contributed by atoms with Crippen molar-refractivity contribution < 1.29 is 19.1 Å². The van der Waals surface area contributed by atoms with Crippen LogP contribution in [0.5, 0.6) is 0 Å². The predicted molar refractivity (Wildman–Crippen MR) is 117 cm³/mol. The number of aliphatic imine (C=N–C) groups is 1. The molecule has 2 aromatic carbocycles. The lowest BCUT2D eigenvalue weighted by Crippen LogP contribution is -2.50. The Hall–Kier alpha value is -2.77. The van der Waals surface area contributed by atoms with Gasteiger partial charge in [-0.05, 0) is 25.0 Å². The highest BCUT2D eigenvalue weighted by Gasteiger charge is 2.42. The van der Waals surface area contributed by atoms with Crippen molar-refractivity contribution in [2.45, 2.75) is 37.7 Å². The largest absolute Gasteiger partial charge is 0.460 e. The number of nitrogens with zero attached hydrogens (tertiary/aromatic N) is 1. The standard InChI is InChI=1S/C23H24N2O4S/c1-23(2)20(21(27)29-15-17-11-7-4-8-12-17)24-14-18(22(28)30-23)25-19(26)13-16-9-5-3-6-10-16/h3-12,20,24H,13-15H2,1-2H3/t20-/m0/s1. The Morgan fingerprint density at radius 1 is 1.07 bits per heavy atom. The Balaban J connectivity index is 1.67. The molecule has 2 aromatic rings. The van der Waals surface area contributed by atoms with Crippen molar-refractivity contribution in [2.24, 2.45) is 4.99 Å². The molecule has 0 radical (unpaired) electrons. The van der Waals surface area contributed by atoms with Crippen LogP contribution < -0.4 is 5.32 Å². The van der Waals surface area contributed by atoms with E-state index in [1.807, 2.05) is 60.7 Å². The van der Waals surface area contributed by atoms with Crippen LogP contribution >= 0.6 is 11.8 Å². The van der Waals surface area contributed by atoms with E-state index >= 15 is 0 Å². The van der Waals surface area contributed by atoms with Gasteiger partial charge in [-0.1, -0.05) is 72.4 Å². The number of hydrogen-bond acceptors (Lipinski definition) is 6. The topological polar surface area (TPSA) is 84.8 Å². The summed E-state index contributed by atoms with van der Waals surface area (Å²) in [7, 11) is 0. The third-order valence-corrected chi connectivity index (χ3v) is 5.86. The van der Waals surface area contributed by atoms with E-state index in [2.05, 4.69) is 10.3 Å². The zero-order chi connectivity index (χ0) is 21.6. The summed E-state index contributed by atoms with van der Waals surface area (Å²) in [5.41, 5.74) is 1.83. The van der Waals surface area contributed by atoms with Gasteiger partial charge >= 0.3 is 5.97 Å². The number of carbonyl (C=O) groups is 3. The molecule has 0 bridgehead atoms. The molecule has 0 unspecified atom stereocenters. The van der Waals surface area contributed by atoms with Crippen molar-refractivity contribution in [3.05, 3.63) is 71.8 Å². The summed E-state index contributed by atoms with van der Waals surface area (Å²) in [5, 5.41) is 2.75. The molecule has 1 amide bonds. The molecule has 1 atom stereocenters. The number of thioether (sulfide) groups is 1. The quantitative estimate of drug-likeness (QED) is 0.743. The van der Waals surface area contributed by atoms with Gasteiger partial charge in [0, 0.05) is 11.3 Å². The van der Waals surface area contributed by atoms with Crippen molar-refractivity contribution in [1.29, 1.82) is 0 Å². The molecule has 0 aliphatic carbocycles. The van der Waals surface area contributed by atoms with Crippen LogP contribution in [0.25, 0.3) is 0 Å². The summed E-state index contributed by atoms with van der Waals surface area (Å²) in [5.74, 6) is -0.837. The number of amides is 1. The zero-order valence-corrected chi connectivity index (χ0v) is 17.8. The average molecular weight is 425 g/mol. The number of rotatable bonds is 5. The number of carbonyl (C=O) groups excluding carboxylic acids is 3. The molecule has 3 rings (SSSR count). The van der Waals surface area contributed by atoms with Crippen molar-refractivity contribution in [3.8, 4) is 0 Å². The molecule has 1 N–H and O–H groups in total. The van der Waals surface area contributed by atoms with E-state index in [1.54, 1.807) is 13.8 Å². The van der Waals surface area contributed by atoms with Gasteiger partial charge in [-0.25, -0.2) is 4.99 Å². The molecule has 0 spiro atoms. The number of esters is 1. The smallest absolute Gasteiger partial charge is 0.324 e. The molecule has 0 aromatic heterocycles. The first-order valence-electron chi connectivity index (χ1n) is 9.67. The SMILES string of the molecule is CC1(C)SC(=O)C(=NC(=O)Cc2ccccc2)CN[C@H]1C(=O)OCc1ccccc1. The molecule has 6 nitrogen and oxygen atoms in total. The Kier molecular flexibility index (Phi) is 7.18. The molecule has 1 heterocycles. The molecular formula is C23H24N2O4S. The van der Waals surface area contributed by atoms with Crippen LogP contribution in [0.2, 0.25) is 0 Å². The van der Waals surface area contributed by atoms with Crippen molar-refractivity contribution in [3.63, 3.8) is 0 Å². The van der Waals surface area contributed by atoms with Crippen LogP contribution in [-0.2, 0) is 32.1 Å². The first-order valence-corrected chi connectivity index (χ1v) is 10.5. The maximum atomic E-state index is 12.7. The highest BCUT2D eigenvalue weighted by molar-refractivity contribution is 8.16. The fourth-order valence-corrected chi connectivity index (χ4v) is 4.11. The number of hydrogen-bond donors (Lipinski definition) is 1. The van der Waals surface area contributed by atoms with E-state index < -0.39 is 22.7 Å². The highest BCUT2D eigenvalue weighted by Crippen LogP contribution is 2.32. The van der Waals surface area contributed by atoms with Gasteiger partial charge in [0.1, 0.15) is 18.4 Å². The maximum Gasteiger partial charge on any atom is 0.324 e. The molecular weight excluding hydrogens is 400 g/mol.